The molecule has 2 N–H and O–H groups in total. The van der Waals surface area contributed by atoms with E-state index >= 15 is 0 Å². The molecule has 9 heteroatoms. The quantitative estimate of drug-likeness (QED) is 0.720. The fourth-order valence-corrected chi connectivity index (χ4v) is 3.55. The van der Waals surface area contributed by atoms with Gasteiger partial charge in [0.15, 0.2) is 11.8 Å². The van der Waals surface area contributed by atoms with Gasteiger partial charge in [0.05, 0.1) is 42.4 Å². The minimum atomic E-state index is -3.65. The largest absolute Gasteiger partial charge is 0.463 e. The second-order valence-corrected chi connectivity index (χ2v) is 8.84. The van der Waals surface area contributed by atoms with Gasteiger partial charge in [-0.05, 0) is 30.3 Å². The highest BCUT2D eigenvalue weighted by Crippen LogP contribution is 2.22. The van der Waals surface area contributed by atoms with Crippen molar-refractivity contribution < 1.29 is 22.5 Å². The number of amides is 1. The molecular weight excluding hydrogens is 378 g/mol. The first-order valence-electron chi connectivity index (χ1n) is 7.98. The molecule has 0 radical (unpaired) electrons. The molecule has 0 aliphatic carbocycles. The molecule has 0 unspecified atom stereocenters. The number of hydrogen-bond acceptors (Lipinski definition) is 4. The van der Waals surface area contributed by atoms with Crippen molar-refractivity contribution in [2.45, 2.75) is 10.9 Å². The topological polar surface area (TPSA) is 84.1 Å². The van der Waals surface area contributed by atoms with Crippen LogP contribution in [0.4, 0.5) is 0 Å². The number of quaternary nitrogens is 1. The van der Waals surface area contributed by atoms with Crippen LogP contribution in [0.3, 0.4) is 0 Å². The number of benzene rings is 1. The Kier molecular flexibility index (Phi) is 6.46. The lowest BCUT2D eigenvalue weighted by molar-refractivity contribution is -0.891. The van der Waals surface area contributed by atoms with E-state index in [0.717, 1.165) is 15.0 Å². The fraction of sp³-hybridized carbons (Fsp3) is 0.353. The van der Waals surface area contributed by atoms with Crippen LogP contribution in [0.25, 0.3) is 0 Å². The standard InChI is InChI=1S/C17H22ClN3O4S/c1-20(2)15(16-6-5-9-25-16)11-19-17(22)13-10-12(7-8-14(13)18)26(23,24)21(3)4/h5-10,15H,11H2,1-4H3,(H,19,22)/p+1/t15-/m1/s1. The van der Waals surface area contributed by atoms with E-state index in [1.165, 1.54) is 32.3 Å². The maximum atomic E-state index is 12.6. The summed E-state index contributed by atoms with van der Waals surface area (Å²) in [6.07, 6.45) is 1.58. The monoisotopic (exact) mass is 400 g/mol. The number of carbonyl (C=O) groups excluding carboxylic acids is 1. The highest BCUT2D eigenvalue weighted by atomic mass is 35.5. The average Bonchev–Trinajstić information content (AvgIpc) is 3.08. The molecule has 0 fully saturated rings. The van der Waals surface area contributed by atoms with Gasteiger partial charge in [0.1, 0.15) is 0 Å². The molecule has 1 aromatic heterocycles. The van der Waals surface area contributed by atoms with Gasteiger partial charge in [0.2, 0.25) is 10.0 Å². The van der Waals surface area contributed by atoms with Crippen molar-refractivity contribution in [3.8, 4) is 0 Å². The zero-order valence-electron chi connectivity index (χ0n) is 15.1. The maximum absolute atomic E-state index is 12.6. The summed E-state index contributed by atoms with van der Waals surface area (Å²) in [4.78, 5) is 13.7. The van der Waals surface area contributed by atoms with Gasteiger partial charge in [-0.25, -0.2) is 12.7 Å². The molecule has 1 amide bonds. The molecule has 1 aromatic carbocycles. The molecule has 2 aromatic rings. The van der Waals surface area contributed by atoms with Crippen molar-refractivity contribution in [2.75, 3.05) is 34.7 Å². The van der Waals surface area contributed by atoms with Crippen molar-refractivity contribution in [3.63, 3.8) is 0 Å². The molecule has 7 nitrogen and oxygen atoms in total. The van der Waals surface area contributed by atoms with Crippen molar-refractivity contribution in [1.29, 1.82) is 0 Å². The van der Waals surface area contributed by atoms with Crippen LogP contribution >= 0.6 is 11.6 Å². The van der Waals surface area contributed by atoms with E-state index in [1.54, 1.807) is 12.3 Å². The Hall–Kier alpha value is -1.87. The van der Waals surface area contributed by atoms with Crippen LogP contribution < -0.4 is 10.2 Å². The molecule has 1 heterocycles. The predicted molar refractivity (Wildman–Crippen MR) is 98.9 cm³/mol. The Morgan fingerprint density at radius 1 is 1.31 bits per heavy atom. The lowest BCUT2D eigenvalue weighted by atomic mass is 10.1. The van der Waals surface area contributed by atoms with Crippen LogP contribution in [-0.2, 0) is 10.0 Å². The number of likely N-dealkylation sites (N-methyl/N-ethyl adjacent to an activating group) is 1. The number of sulfonamides is 1. The second kappa shape index (κ2) is 8.22. The van der Waals surface area contributed by atoms with Crippen molar-refractivity contribution in [2.24, 2.45) is 0 Å². The number of hydrogen-bond donors (Lipinski definition) is 2. The first-order valence-corrected chi connectivity index (χ1v) is 9.80. The molecule has 0 bridgehead atoms. The maximum Gasteiger partial charge on any atom is 0.253 e. The van der Waals surface area contributed by atoms with Crippen LogP contribution in [0.2, 0.25) is 5.02 Å². The minimum absolute atomic E-state index is 0.0119. The van der Waals surface area contributed by atoms with E-state index < -0.39 is 15.9 Å². The summed E-state index contributed by atoms with van der Waals surface area (Å²) in [7, 11) is 3.11. The fourth-order valence-electron chi connectivity index (χ4n) is 2.42. The number of nitrogens with zero attached hydrogens (tertiary/aromatic N) is 1. The molecule has 0 aliphatic rings. The first kappa shape index (κ1) is 20.4. The highest BCUT2D eigenvalue weighted by molar-refractivity contribution is 7.89. The van der Waals surface area contributed by atoms with Crippen LogP contribution in [-0.4, -0.2) is 53.4 Å². The van der Waals surface area contributed by atoms with Crippen molar-refractivity contribution >= 4 is 27.5 Å². The Labute approximate surface area is 158 Å². The summed E-state index contributed by atoms with van der Waals surface area (Å²) in [5, 5.41) is 2.99. The van der Waals surface area contributed by atoms with E-state index in [2.05, 4.69) is 5.32 Å². The van der Waals surface area contributed by atoms with Crippen LogP contribution in [0.5, 0.6) is 0 Å². The van der Waals surface area contributed by atoms with E-state index in [9.17, 15) is 13.2 Å². The van der Waals surface area contributed by atoms with Crippen LogP contribution in [0, 0.1) is 0 Å². The van der Waals surface area contributed by atoms with E-state index in [1.807, 2.05) is 20.2 Å². The number of furan rings is 1. The molecule has 0 aliphatic heterocycles. The number of halogens is 1. The Morgan fingerprint density at radius 2 is 2.00 bits per heavy atom. The molecule has 0 saturated carbocycles. The van der Waals surface area contributed by atoms with Gasteiger partial charge >= 0.3 is 0 Å². The molecule has 26 heavy (non-hydrogen) atoms. The Morgan fingerprint density at radius 3 is 2.54 bits per heavy atom. The third-order valence-corrected chi connectivity index (χ3v) is 6.15. The summed E-state index contributed by atoms with van der Waals surface area (Å²) in [5.41, 5.74) is 0.113. The van der Waals surface area contributed by atoms with E-state index in [0.29, 0.717) is 6.54 Å². The Bertz CT molecular complexity index is 864. The lowest BCUT2D eigenvalue weighted by Crippen LogP contribution is -3.07. The number of nitrogens with one attached hydrogen (secondary N) is 2. The Balaban J connectivity index is 2.22. The van der Waals surface area contributed by atoms with Gasteiger partial charge in [-0.3, -0.25) is 4.79 Å². The van der Waals surface area contributed by atoms with Gasteiger partial charge < -0.3 is 14.6 Å². The third kappa shape index (κ3) is 4.45. The van der Waals surface area contributed by atoms with Crippen LogP contribution in [0.1, 0.15) is 22.2 Å². The number of rotatable bonds is 7. The SMILES string of the molecule is CN(C)S(=O)(=O)c1ccc(Cl)c(C(=O)NC[C@H](c2ccco2)[NH+](C)C)c1. The lowest BCUT2D eigenvalue weighted by Gasteiger charge is -2.20. The van der Waals surface area contributed by atoms with Gasteiger partial charge in [-0.2, -0.15) is 0 Å². The van der Waals surface area contributed by atoms with Crippen LogP contribution in [0.15, 0.2) is 45.9 Å². The van der Waals surface area contributed by atoms with Crippen molar-refractivity contribution in [1.82, 2.24) is 9.62 Å². The summed E-state index contributed by atoms with van der Waals surface area (Å²) in [6.45, 7) is 0.315. The van der Waals surface area contributed by atoms with Gasteiger partial charge in [0.25, 0.3) is 5.91 Å². The van der Waals surface area contributed by atoms with Gasteiger partial charge in [-0.15, -0.1) is 0 Å². The summed E-state index contributed by atoms with van der Waals surface area (Å²) >= 11 is 6.11. The minimum Gasteiger partial charge on any atom is -0.463 e. The average molecular weight is 401 g/mol. The zero-order chi connectivity index (χ0) is 19.5. The molecule has 2 rings (SSSR count). The summed E-state index contributed by atoms with van der Waals surface area (Å²) < 4.78 is 31.0. The molecule has 0 spiro atoms. The summed E-state index contributed by atoms with van der Waals surface area (Å²) in [6, 6.07) is 7.64. The third-order valence-electron chi connectivity index (χ3n) is 4.01. The van der Waals surface area contributed by atoms with Gasteiger partial charge in [-0.1, -0.05) is 11.6 Å². The smallest absolute Gasteiger partial charge is 0.253 e. The molecule has 142 valence electrons. The van der Waals surface area contributed by atoms with Crippen molar-refractivity contribution in [3.05, 3.63) is 52.9 Å². The molecular formula is C17H23ClN3O4S+. The zero-order valence-corrected chi connectivity index (χ0v) is 16.7. The van der Waals surface area contributed by atoms with E-state index in [-0.39, 0.29) is 21.5 Å². The van der Waals surface area contributed by atoms with Gasteiger partial charge in [0, 0.05) is 14.1 Å². The van der Waals surface area contributed by atoms with E-state index in [4.69, 9.17) is 16.0 Å². The highest BCUT2D eigenvalue weighted by Gasteiger charge is 2.24. The summed E-state index contributed by atoms with van der Waals surface area (Å²) in [5.74, 6) is 0.309. The molecule has 1 atom stereocenters. The second-order valence-electron chi connectivity index (χ2n) is 6.28. The first-order chi connectivity index (χ1) is 12.1. The normalized spacial score (nSPS) is 13.2. The number of carbonyl (C=O) groups is 1. The molecule has 0 saturated heterocycles. The predicted octanol–water partition coefficient (Wildman–Crippen LogP) is 0.799.